The van der Waals surface area contributed by atoms with Crippen molar-refractivity contribution in [2.24, 2.45) is 0 Å². The summed E-state index contributed by atoms with van der Waals surface area (Å²) in [4.78, 5) is 14.1. The van der Waals surface area contributed by atoms with Crippen LogP contribution in [0.2, 0.25) is 0 Å². The summed E-state index contributed by atoms with van der Waals surface area (Å²) in [5.74, 6) is 0.675. The largest absolute Gasteiger partial charge is 0.467 e. The average molecular weight is 312 g/mol. The van der Waals surface area contributed by atoms with Crippen molar-refractivity contribution < 1.29 is 9.21 Å². The lowest BCUT2D eigenvalue weighted by Gasteiger charge is -2.36. The molecule has 0 aliphatic carbocycles. The van der Waals surface area contributed by atoms with Crippen molar-refractivity contribution in [3.63, 3.8) is 0 Å². The average Bonchev–Trinajstić information content (AvgIpc) is 3.01. The molecule has 0 amide bonds. The van der Waals surface area contributed by atoms with E-state index in [9.17, 15) is 4.79 Å². The van der Waals surface area contributed by atoms with Gasteiger partial charge in [0.2, 0.25) is 0 Å². The number of hydrogen-bond acceptors (Lipinski definition) is 3. The van der Waals surface area contributed by atoms with Crippen molar-refractivity contribution in [3.05, 3.63) is 65.8 Å². The number of nitrogens with one attached hydrogen (secondary N) is 1. The molecule has 3 rings (SSSR count). The Morgan fingerprint density at radius 1 is 1.23 bits per heavy atom. The Labute approximate surface area is 134 Å². The SMILES string of the molecule is CC(=O)C1=C(C)N(c2ccccc2)C(=S)N[C@H]1c1ccco1. The van der Waals surface area contributed by atoms with Crippen LogP contribution in [0.15, 0.2) is 64.4 Å². The summed E-state index contributed by atoms with van der Waals surface area (Å²) >= 11 is 5.50. The van der Waals surface area contributed by atoms with Gasteiger partial charge < -0.3 is 9.73 Å². The molecule has 2 aromatic rings. The van der Waals surface area contributed by atoms with E-state index < -0.39 is 0 Å². The van der Waals surface area contributed by atoms with Gasteiger partial charge in [-0.25, -0.2) is 0 Å². The zero-order valence-electron chi connectivity index (χ0n) is 12.4. The zero-order chi connectivity index (χ0) is 15.7. The number of hydrogen-bond donors (Lipinski definition) is 1. The van der Waals surface area contributed by atoms with E-state index in [0.717, 1.165) is 11.4 Å². The number of thiocarbonyl (C=S) groups is 1. The smallest absolute Gasteiger partial charge is 0.178 e. The number of benzene rings is 1. The van der Waals surface area contributed by atoms with Gasteiger partial charge in [0.05, 0.1) is 6.26 Å². The van der Waals surface area contributed by atoms with Crippen LogP contribution in [0.25, 0.3) is 0 Å². The molecule has 5 heteroatoms. The number of para-hydroxylation sites is 1. The first-order chi connectivity index (χ1) is 10.6. The molecule has 1 aliphatic heterocycles. The van der Waals surface area contributed by atoms with Gasteiger partial charge in [0.1, 0.15) is 11.8 Å². The normalized spacial score (nSPS) is 18.4. The lowest BCUT2D eigenvalue weighted by Crippen LogP contribution is -2.47. The van der Waals surface area contributed by atoms with E-state index in [1.54, 1.807) is 19.3 Å². The molecule has 2 heterocycles. The van der Waals surface area contributed by atoms with Crippen LogP contribution >= 0.6 is 12.2 Å². The molecule has 4 nitrogen and oxygen atoms in total. The lowest BCUT2D eigenvalue weighted by atomic mass is 9.96. The number of Topliss-reactive ketones (excluding diaryl/α,β-unsaturated/α-hetero) is 1. The van der Waals surface area contributed by atoms with Gasteiger partial charge in [-0.15, -0.1) is 0 Å². The molecular formula is C17H16N2O2S. The first kappa shape index (κ1) is 14.5. The van der Waals surface area contributed by atoms with E-state index in [2.05, 4.69) is 5.32 Å². The van der Waals surface area contributed by atoms with Crippen molar-refractivity contribution in [1.82, 2.24) is 5.32 Å². The Hall–Kier alpha value is -2.40. The molecule has 112 valence electrons. The molecule has 1 aliphatic rings. The fourth-order valence-corrected chi connectivity index (χ4v) is 3.12. The van der Waals surface area contributed by atoms with Crippen LogP contribution in [-0.4, -0.2) is 10.9 Å². The van der Waals surface area contributed by atoms with Gasteiger partial charge in [0.15, 0.2) is 10.9 Å². The van der Waals surface area contributed by atoms with E-state index in [-0.39, 0.29) is 11.8 Å². The minimum Gasteiger partial charge on any atom is -0.467 e. The predicted octanol–water partition coefficient (Wildman–Crippen LogP) is 3.58. The topological polar surface area (TPSA) is 45.5 Å². The van der Waals surface area contributed by atoms with E-state index in [4.69, 9.17) is 16.6 Å². The Balaban J connectivity index is 2.12. The summed E-state index contributed by atoms with van der Waals surface area (Å²) in [5, 5.41) is 3.77. The number of carbonyl (C=O) groups excluding carboxylic acids is 1. The van der Waals surface area contributed by atoms with Gasteiger partial charge in [0.25, 0.3) is 0 Å². The fraction of sp³-hybridized carbons (Fsp3) is 0.176. The molecule has 0 saturated carbocycles. The number of allylic oxidation sites excluding steroid dienone is 1. The third-order valence-corrected chi connectivity index (χ3v) is 4.01. The molecule has 1 atom stereocenters. The maximum atomic E-state index is 12.2. The second-order valence-corrected chi connectivity index (χ2v) is 5.51. The van der Waals surface area contributed by atoms with Crippen molar-refractivity contribution in [2.45, 2.75) is 19.9 Å². The van der Waals surface area contributed by atoms with Crippen LogP contribution in [-0.2, 0) is 4.79 Å². The van der Waals surface area contributed by atoms with Crippen molar-refractivity contribution in [2.75, 3.05) is 4.90 Å². The van der Waals surface area contributed by atoms with Crippen molar-refractivity contribution in [3.8, 4) is 0 Å². The highest BCUT2D eigenvalue weighted by atomic mass is 32.1. The Morgan fingerprint density at radius 3 is 2.55 bits per heavy atom. The number of carbonyl (C=O) groups is 1. The van der Waals surface area contributed by atoms with Gasteiger partial charge >= 0.3 is 0 Å². The molecule has 22 heavy (non-hydrogen) atoms. The van der Waals surface area contributed by atoms with Gasteiger partial charge in [-0.3, -0.25) is 9.69 Å². The van der Waals surface area contributed by atoms with Crippen molar-refractivity contribution >= 4 is 28.8 Å². The maximum absolute atomic E-state index is 12.2. The van der Waals surface area contributed by atoms with E-state index in [1.807, 2.05) is 48.2 Å². The van der Waals surface area contributed by atoms with Crippen LogP contribution in [0.5, 0.6) is 0 Å². The summed E-state index contributed by atoms with van der Waals surface area (Å²) < 4.78 is 5.46. The summed E-state index contributed by atoms with van der Waals surface area (Å²) in [6.45, 7) is 3.47. The minimum absolute atomic E-state index is 0.00479. The number of anilines is 1. The molecule has 1 N–H and O–H groups in total. The summed E-state index contributed by atoms with van der Waals surface area (Å²) in [5.41, 5.74) is 2.41. The van der Waals surface area contributed by atoms with E-state index in [0.29, 0.717) is 16.4 Å². The molecule has 1 aromatic carbocycles. The van der Waals surface area contributed by atoms with Crippen molar-refractivity contribution in [1.29, 1.82) is 0 Å². The minimum atomic E-state index is -0.347. The molecule has 0 fully saturated rings. The molecular weight excluding hydrogens is 296 g/mol. The number of rotatable bonds is 3. The highest BCUT2D eigenvalue weighted by molar-refractivity contribution is 7.80. The molecule has 0 radical (unpaired) electrons. The van der Waals surface area contributed by atoms with Crippen LogP contribution in [0.3, 0.4) is 0 Å². The quantitative estimate of drug-likeness (QED) is 0.878. The van der Waals surface area contributed by atoms with Crippen LogP contribution in [0.1, 0.15) is 25.6 Å². The van der Waals surface area contributed by atoms with Gasteiger partial charge in [-0.05, 0) is 50.3 Å². The molecule has 0 spiro atoms. The second-order valence-electron chi connectivity index (χ2n) is 5.12. The molecule has 0 bridgehead atoms. The summed E-state index contributed by atoms with van der Waals surface area (Å²) in [6, 6.07) is 13.0. The third kappa shape index (κ3) is 2.44. The van der Waals surface area contributed by atoms with Crippen LogP contribution in [0.4, 0.5) is 5.69 Å². The highest BCUT2D eigenvalue weighted by Crippen LogP contribution is 2.33. The first-order valence-corrected chi connectivity index (χ1v) is 7.41. The molecule has 1 aromatic heterocycles. The second kappa shape index (κ2) is 5.77. The predicted molar refractivity (Wildman–Crippen MR) is 89.5 cm³/mol. The van der Waals surface area contributed by atoms with Crippen LogP contribution in [0, 0.1) is 0 Å². The van der Waals surface area contributed by atoms with Gasteiger partial charge in [-0.2, -0.15) is 0 Å². The van der Waals surface area contributed by atoms with E-state index >= 15 is 0 Å². The number of ketones is 1. The monoisotopic (exact) mass is 312 g/mol. The molecule has 0 unspecified atom stereocenters. The molecule has 0 saturated heterocycles. The lowest BCUT2D eigenvalue weighted by molar-refractivity contribution is -0.114. The maximum Gasteiger partial charge on any atom is 0.178 e. The summed E-state index contributed by atoms with van der Waals surface area (Å²) in [6.07, 6.45) is 1.59. The Kier molecular flexibility index (Phi) is 3.81. The highest BCUT2D eigenvalue weighted by Gasteiger charge is 2.34. The standard InChI is InChI=1S/C17H16N2O2S/c1-11-15(12(2)20)16(14-9-6-10-21-14)18-17(22)19(11)13-7-4-3-5-8-13/h3-10,16H,1-2H3,(H,18,22)/t16-/m0/s1. The Morgan fingerprint density at radius 2 is 1.95 bits per heavy atom. The van der Waals surface area contributed by atoms with Crippen LogP contribution < -0.4 is 10.2 Å². The fourth-order valence-electron chi connectivity index (χ4n) is 2.76. The van der Waals surface area contributed by atoms with E-state index in [1.165, 1.54) is 0 Å². The number of nitrogens with zero attached hydrogens (tertiary/aromatic N) is 1. The zero-order valence-corrected chi connectivity index (χ0v) is 13.2. The summed E-state index contributed by atoms with van der Waals surface area (Å²) in [7, 11) is 0. The number of furan rings is 1. The van der Waals surface area contributed by atoms with Gasteiger partial charge in [0, 0.05) is 17.0 Å². The Bertz CT molecular complexity index is 735. The first-order valence-electron chi connectivity index (χ1n) is 7.00. The third-order valence-electron chi connectivity index (χ3n) is 3.71. The van der Waals surface area contributed by atoms with Gasteiger partial charge in [-0.1, -0.05) is 18.2 Å².